The number of hydrogen-bond donors (Lipinski definition) is 0. The molecule has 0 fully saturated rings. The number of hydrogen-bond acceptors (Lipinski definition) is 0. The fraction of sp³-hybridized carbons (Fsp3) is 0. The summed E-state index contributed by atoms with van der Waals surface area (Å²) in [5.74, 6) is 0. The van der Waals surface area contributed by atoms with Gasteiger partial charge in [-0.3, -0.25) is 0 Å². The van der Waals surface area contributed by atoms with Crippen LogP contribution in [0.1, 0.15) is 11.4 Å². The van der Waals surface area contributed by atoms with E-state index >= 15 is 0 Å². The van der Waals surface area contributed by atoms with E-state index in [1.165, 1.54) is 0 Å². The summed E-state index contributed by atoms with van der Waals surface area (Å²) in [5, 5.41) is 0. The molecule has 0 rings (SSSR count). The van der Waals surface area contributed by atoms with E-state index < -0.39 is 0 Å². The summed E-state index contributed by atoms with van der Waals surface area (Å²) in [6.07, 6.45) is 0. The molecule has 72 valence electrons. The first-order valence-corrected chi connectivity index (χ1v) is 0. The minimum Gasteiger partial charge on any atom is -2.00 e. The van der Waals surface area contributed by atoms with Crippen LogP contribution in [0, 0.1) is 0 Å². The molecule has 0 amide bonds. The van der Waals surface area contributed by atoms with E-state index in [1.54, 1.807) is 0 Å². The Balaban J connectivity index is 0. The van der Waals surface area contributed by atoms with Crippen molar-refractivity contribution in [3.8, 4) is 0 Å². The van der Waals surface area contributed by atoms with Gasteiger partial charge in [-0.05, 0) is 0 Å². The Morgan fingerprint density at radius 3 is 0.462 bits per heavy atom. The zero-order valence-electron chi connectivity index (χ0n) is 15.2. The molecular formula is H14Bi2Ca2O5Sr2Ta2. The third-order valence-electron chi connectivity index (χ3n) is 0. The third-order valence-corrected chi connectivity index (χ3v) is 0. The first-order chi connectivity index (χ1) is 0. The molecule has 0 aliphatic carbocycles. The van der Waals surface area contributed by atoms with Gasteiger partial charge in [-0.25, -0.2) is 0 Å². The normalized spacial score (nSPS) is 0. The zero-order valence-corrected chi connectivity index (χ0v) is 36.0. The monoisotopic (exact) mass is 1130 g/mol. The third kappa shape index (κ3) is 96.9. The van der Waals surface area contributed by atoms with Crippen molar-refractivity contribution in [2.24, 2.45) is 0 Å². The Morgan fingerprint density at radius 1 is 0.462 bits per heavy atom. The summed E-state index contributed by atoms with van der Waals surface area (Å²) in [4.78, 5) is 0. The van der Waals surface area contributed by atoms with Crippen molar-refractivity contribution in [2.45, 2.75) is 0 Å². The topological polar surface area (TPSA) is 142 Å². The minimum absolute atomic E-state index is 0. The Labute approximate surface area is 293 Å². The van der Waals surface area contributed by atoms with Gasteiger partial charge in [-0.1, -0.05) is 0 Å². The Bertz CT molecular complexity index is 48.6. The molecule has 13 heavy (non-hydrogen) atoms. The summed E-state index contributed by atoms with van der Waals surface area (Å²) in [7, 11) is 0. The molecule has 0 radical (unpaired) electrons. The van der Waals surface area contributed by atoms with E-state index in [-0.39, 0.29) is 302 Å². The minimum atomic E-state index is 0. The van der Waals surface area contributed by atoms with Gasteiger partial charge < -0.3 is 38.8 Å². The maximum Gasteiger partial charge on any atom is 5.00 e. The van der Waals surface area contributed by atoms with E-state index in [0.29, 0.717) is 0 Å². The van der Waals surface area contributed by atoms with E-state index in [4.69, 9.17) is 0 Å². The second-order valence-corrected chi connectivity index (χ2v) is 0. The second kappa shape index (κ2) is 108. The largest absolute Gasteiger partial charge is 5.00 e. The van der Waals surface area contributed by atoms with E-state index in [1.807, 2.05) is 0 Å². The van der Waals surface area contributed by atoms with E-state index in [0.717, 1.165) is 0 Å². The molecule has 0 bridgehead atoms. The van der Waals surface area contributed by atoms with Crippen LogP contribution in [0.4, 0.5) is 0 Å². The van der Waals surface area contributed by atoms with Crippen LogP contribution >= 0.6 is 0 Å². The molecule has 0 N–H and O–H groups in total. The molecular weight excluding hydrogens is 1120 g/mol. The molecule has 0 aromatic carbocycles. The molecule has 0 heterocycles. The molecule has 0 aliphatic rings. The van der Waals surface area contributed by atoms with Gasteiger partial charge in [0.2, 0.25) is 0 Å². The van der Waals surface area contributed by atoms with Crippen molar-refractivity contribution < 1.29 is 83.6 Å². The van der Waals surface area contributed by atoms with Gasteiger partial charge >= 0.3 is 264 Å². The standard InChI is InChI=1S/2Bi.2Ca.5O.2Sr.2Ta.14H/q;;2*+2;5*-2;2*+2;2*+5;;;;;;;8*-1. The average molecular weight is 1130 g/mol. The van der Waals surface area contributed by atoms with E-state index in [9.17, 15) is 0 Å². The Hall–Kier alpha value is 8.53. The van der Waals surface area contributed by atoms with Crippen molar-refractivity contribution in [1.82, 2.24) is 0 Å². The predicted molar refractivity (Wildman–Crippen MR) is 55.2 cm³/mol. The van der Waals surface area contributed by atoms with Crippen LogP contribution in [0.25, 0.3) is 0 Å². The van der Waals surface area contributed by atoms with Crippen LogP contribution in [0.2, 0.25) is 0 Å². The molecule has 0 aliphatic heterocycles. The summed E-state index contributed by atoms with van der Waals surface area (Å²) in [6, 6.07) is 0. The summed E-state index contributed by atoms with van der Waals surface area (Å²) in [6.45, 7) is 0. The van der Waals surface area contributed by atoms with Crippen molar-refractivity contribution in [1.29, 1.82) is 0 Å². The van der Waals surface area contributed by atoms with Gasteiger partial charge in [0.15, 0.2) is 0 Å². The average Bonchev–Trinajstić information content (AvgIpc) is 0. The molecule has 5 nitrogen and oxygen atoms in total. The molecule has 0 saturated carbocycles. The van der Waals surface area contributed by atoms with Crippen molar-refractivity contribution in [3.05, 3.63) is 0 Å². The SMILES string of the molecule is [BiH3].[BiH3].[Ca+2].[Ca+2].[H-].[H-].[H-].[H-].[H-].[H-].[H-].[H-].[O-2].[O-2].[O-2].[O-2].[O-2].[Sr+2].[Sr+2].[Ta+5].[Ta+5]. The maximum absolute atomic E-state index is 0. The smallest absolute Gasteiger partial charge is 2.00 e. The van der Waals surface area contributed by atoms with Crippen molar-refractivity contribution >= 4 is 219 Å². The zero-order chi connectivity index (χ0) is 0. The van der Waals surface area contributed by atoms with Crippen LogP contribution < -0.4 is 0 Å². The van der Waals surface area contributed by atoms with Crippen LogP contribution in [-0.2, 0) is 72.1 Å². The van der Waals surface area contributed by atoms with Crippen LogP contribution in [0.5, 0.6) is 0 Å². The molecule has 0 saturated heterocycles. The molecule has 0 atom stereocenters. The van der Waals surface area contributed by atoms with Crippen LogP contribution in [-0.4, -0.2) is 219 Å². The van der Waals surface area contributed by atoms with Crippen LogP contribution in [0.15, 0.2) is 0 Å². The Kier molecular flexibility index (Phi) is 1030. The van der Waals surface area contributed by atoms with Gasteiger partial charge in [0.1, 0.15) is 0 Å². The molecule has 0 unspecified atom stereocenters. The first kappa shape index (κ1) is 125. The summed E-state index contributed by atoms with van der Waals surface area (Å²) in [5.41, 5.74) is 0. The molecule has 13 heteroatoms. The summed E-state index contributed by atoms with van der Waals surface area (Å²) < 4.78 is 0. The quantitative estimate of drug-likeness (QED) is 0.222. The molecule has 0 aromatic rings. The van der Waals surface area contributed by atoms with Gasteiger partial charge in [0.05, 0.1) is 0 Å². The van der Waals surface area contributed by atoms with Gasteiger partial charge in [0, 0.05) is 0 Å². The summed E-state index contributed by atoms with van der Waals surface area (Å²) >= 11 is 0. The van der Waals surface area contributed by atoms with E-state index in [2.05, 4.69) is 0 Å². The Morgan fingerprint density at radius 2 is 0.462 bits per heavy atom. The maximum atomic E-state index is 0. The predicted octanol–water partition coefficient (Wildman–Crippen LogP) is -3.59. The van der Waals surface area contributed by atoms with Crippen molar-refractivity contribution in [2.75, 3.05) is 0 Å². The molecule has 0 aromatic heterocycles. The van der Waals surface area contributed by atoms with Gasteiger partial charge in [0.25, 0.3) is 0 Å². The fourth-order valence-corrected chi connectivity index (χ4v) is 0. The number of rotatable bonds is 0. The van der Waals surface area contributed by atoms with Gasteiger partial charge in [-0.2, -0.15) is 0 Å². The first-order valence-electron chi connectivity index (χ1n) is 0. The second-order valence-electron chi connectivity index (χ2n) is 0. The fourth-order valence-electron chi connectivity index (χ4n) is 0. The molecule has 0 spiro atoms. The van der Waals surface area contributed by atoms with Crippen LogP contribution in [0.3, 0.4) is 0 Å². The van der Waals surface area contributed by atoms with Gasteiger partial charge in [-0.15, -0.1) is 0 Å². The van der Waals surface area contributed by atoms with Crippen molar-refractivity contribution in [3.63, 3.8) is 0 Å².